The Labute approximate surface area is 159 Å². The Balaban J connectivity index is 2.23. The van der Waals surface area contributed by atoms with Crippen molar-refractivity contribution in [2.24, 2.45) is 0 Å². The number of nitrogens with zero attached hydrogens (tertiary/aromatic N) is 2. The van der Waals surface area contributed by atoms with Gasteiger partial charge in [-0.2, -0.15) is 0 Å². The van der Waals surface area contributed by atoms with Crippen molar-refractivity contribution in [3.8, 4) is 11.5 Å². The molecule has 0 saturated carbocycles. The number of methoxy groups -OCH3 is 2. The highest BCUT2D eigenvalue weighted by atomic mass is 32.2. The van der Waals surface area contributed by atoms with Gasteiger partial charge < -0.3 is 19.3 Å². The Kier molecular flexibility index (Phi) is 7.63. The Hall–Kier alpha value is -1.89. The van der Waals surface area contributed by atoms with Gasteiger partial charge in [-0.25, -0.2) is 0 Å². The van der Waals surface area contributed by atoms with E-state index in [9.17, 15) is 9.59 Å². The van der Waals surface area contributed by atoms with E-state index >= 15 is 0 Å². The number of rotatable bonds is 8. The van der Waals surface area contributed by atoms with E-state index in [0.29, 0.717) is 28.7 Å². The van der Waals surface area contributed by atoms with Crippen molar-refractivity contribution >= 4 is 23.6 Å². The minimum atomic E-state index is -0.414. The summed E-state index contributed by atoms with van der Waals surface area (Å²) in [6.07, 6.45) is 1.82. The number of amides is 2. The summed E-state index contributed by atoms with van der Waals surface area (Å²) in [6, 6.07) is 4.68. The number of hydrogen-bond acceptors (Lipinski definition) is 5. The molecule has 26 heavy (non-hydrogen) atoms. The van der Waals surface area contributed by atoms with Gasteiger partial charge in [-0.05, 0) is 25.0 Å². The second kappa shape index (κ2) is 9.71. The fraction of sp³-hybridized carbons (Fsp3) is 0.579. The van der Waals surface area contributed by atoms with Crippen LogP contribution in [0, 0.1) is 0 Å². The number of ether oxygens (including phenoxy) is 2. The molecule has 1 aromatic rings. The van der Waals surface area contributed by atoms with E-state index in [0.717, 1.165) is 25.9 Å². The van der Waals surface area contributed by atoms with Crippen LogP contribution >= 0.6 is 11.8 Å². The maximum absolute atomic E-state index is 13.1. The highest BCUT2D eigenvalue weighted by Gasteiger charge is 2.37. The first kappa shape index (κ1) is 20.4. The quantitative estimate of drug-likeness (QED) is 0.694. The van der Waals surface area contributed by atoms with E-state index in [2.05, 4.69) is 13.8 Å². The van der Waals surface area contributed by atoms with Crippen molar-refractivity contribution in [2.75, 3.05) is 38.9 Å². The van der Waals surface area contributed by atoms with Gasteiger partial charge in [0.1, 0.15) is 17.5 Å². The van der Waals surface area contributed by atoms with E-state index in [1.54, 1.807) is 49.1 Å². The summed E-state index contributed by atoms with van der Waals surface area (Å²) < 4.78 is 10.5. The summed E-state index contributed by atoms with van der Waals surface area (Å²) in [5, 5.41) is 0. The molecule has 1 aliphatic rings. The summed E-state index contributed by atoms with van der Waals surface area (Å²) in [6.45, 7) is 5.57. The molecular formula is C19H28N2O4S. The van der Waals surface area contributed by atoms with E-state index in [4.69, 9.17) is 9.47 Å². The lowest BCUT2D eigenvalue weighted by Gasteiger charge is -2.29. The lowest BCUT2D eigenvalue weighted by atomic mass is 10.1. The van der Waals surface area contributed by atoms with Gasteiger partial charge >= 0.3 is 0 Å². The average molecular weight is 381 g/mol. The molecule has 144 valence electrons. The minimum Gasteiger partial charge on any atom is -0.497 e. The lowest BCUT2D eigenvalue weighted by molar-refractivity contribution is -0.135. The van der Waals surface area contributed by atoms with Crippen LogP contribution in [-0.4, -0.2) is 66.6 Å². The molecule has 1 aromatic carbocycles. The summed E-state index contributed by atoms with van der Waals surface area (Å²) in [5.41, 5.74) is 0.471. The van der Waals surface area contributed by atoms with Crippen LogP contribution in [-0.2, 0) is 4.79 Å². The van der Waals surface area contributed by atoms with Crippen LogP contribution < -0.4 is 9.47 Å². The summed E-state index contributed by atoms with van der Waals surface area (Å²) in [7, 11) is 3.10. The minimum absolute atomic E-state index is 0.0434. The zero-order valence-electron chi connectivity index (χ0n) is 16.0. The van der Waals surface area contributed by atoms with Crippen LogP contribution in [0.3, 0.4) is 0 Å². The van der Waals surface area contributed by atoms with Crippen molar-refractivity contribution < 1.29 is 19.1 Å². The summed E-state index contributed by atoms with van der Waals surface area (Å²) in [4.78, 5) is 29.6. The molecule has 0 spiro atoms. The van der Waals surface area contributed by atoms with Gasteiger partial charge in [0.05, 0.1) is 20.1 Å². The molecule has 2 amide bonds. The molecule has 0 bridgehead atoms. The number of carbonyl (C=O) groups is 2. The van der Waals surface area contributed by atoms with E-state index < -0.39 is 6.04 Å². The molecule has 1 unspecified atom stereocenters. The van der Waals surface area contributed by atoms with Crippen LogP contribution in [0.5, 0.6) is 11.5 Å². The Morgan fingerprint density at radius 2 is 1.69 bits per heavy atom. The summed E-state index contributed by atoms with van der Waals surface area (Å²) in [5.74, 6) is 2.14. The smallest absolute Gasteiger partial charge is 0.255 e. The largest absolute Gasteiger partial charge is 0.497 e. The fourth-order valence-electron chi connectivity index (χ4n) is 3.03. The Morgan fingerprint density at radius 3 is 2.19 bits per heavy atom. The third kappa shape index (κ3) is 4.63. The zero-order valence-corrected chi connectivity index (χ0v) is 16.8. The van der Waals surface area contributed by atoms with Crippen LogP contribution in [0.1, 0.15) is 37.0 Å². The number of benzene rings is 1. The second-order valence-electron chi connectivity index (χ2n) is 6.22. The molecule has 1 aliphatic heterocycles. The van der Waals surface area contributed by atoms with Crippen LogP contribution in [0.4, 0.5) is 0 Å². The third-order valence-corrected chi connectivity index (χ3v) is 5.34. The van der Waals surface area contributed by atoms with Gasteiger partial charge in [0.2, 0.25) is 5.91 Å². The van der Waals surface area contributed by atoms with Crippen LogP contribution in [0.15, 0.2) is 18.2 Å². The molecule has 1 heterocycles. The van der Waals surface area contributed by atoms with Gasteiger partial charge in [-0.3, -0.25) is 9.59 Å². The van der Waals surface area contributed by atoms with Crippen LogP contribution in [0.2, 0.25) is 0 Å². The molecule has 1 atom stereocenters. The fourth-order valence-corrected chi connectivity index (χ4v) is 4.17. The normalized spacial score (nSPS) is 16.5. The second-order valence-corrected chi connectivity index (χ2v) is 7.22. The van der Waals surface area contributed by atoms with Crippen molar-refractivity contribution in [3.63, 3.8) is 0 Å². The van der Waals surface area contributed by atoms with Gasteiger partial charge in [-0.15, -0.1) is 11.8 Å². The molecule has 0 radical (unpaired) electrons. The number of hydrogen-bond donors (Lipinski definition) is 0. The molecule has 2 rings (SSSR count). The molecule has 1 saturated heterocycles. The van der Waals surface area contributed by atoms with Crippen molar-refractivity contribution in [2.45, 2.75) is 32.7 Å². The average Bonchev–Trinajstić information content (AvgIpc) is 3.15. The van der Waals surface area contributed by atoms with Crippen LogP contribution in [0.25, 0.3) is 0 Å². The molecule has 0 aliphatic carbocycles. The SMILES string of the molecule is CCCN(CCC)C(=O)C1CSCN1C(=O)c1cc(OC)cc(OC)c1. The molecule has 7 heteroatoms. The van der Waals surface area contributed by atoms with E-state index in [1.165, 1.54) is 0 Å². The zero-order chi connectivity index (χ0) is 19.1. The molecule has 1 fully saturated rings. The predicted molar refractivity (Wildman–Crippen MR) is 104 cm³/mol. The highest BCUT2D eigenvalue weighted by Crippen LogP contribution is 2.28. The first-order valence-electron chi connectivity index (χ1n) is 8.96. The maximum Gasteiger partial charge on any atom is 0.255 e. The Bertz CT molecular complexity index is 610. The molecule has 6 nitrogen and oxygen atoms in total. The number of carbonyl (C=O) groups excluding carboxylic acids is 2. The Morgan fingerprint density at radius 1 is 1.12 bits per heavy atom. The predicted octanol–water partition coefficient (Wildman–Crippen LogP) is 2.87. The lowest BCUT2D eigenvalue weighted by Crippen LogP contribution is -2.49. The highest BCUT2D eigenvalue weighted by molar-refractivity contribution is 7.99. The van der Waals surface area contributed by atoms with Gasteiger partial charge in [0.15, 0.2) is 0 Å². The van der Waals surface area contributed by atoms with Gasteiger partial charge in [-0.1, -0.05) is 13.8 Å². The van der Waals surface area contributed by atoms with Gasteiger partial charge in [0, 0.05) is 30.5 Å². The first-order chi connectivity index (χ1) is 12.5. The molecular weight excluding hydrogens is 352 g/mol. The topological polar surface area (TPSA) is 59.1 Å². The number of thioether (sulfide) groups is 1. The summed E-state index contributed by atoms with van der Waals surface area (Å²) >= 11 is 1.61. The molecule has 0 aromatic heterocycles. The standard InChI is InChI=1S/C19H28N2O4S/c1-5-7-20(8-6-2)19(23)17-12-26-13-21(17)18(22)14-9-15(24-3)11-16(10-14)25-4/h9-11,17H,5-8,12-13H2,1-4H3. The monoisotopic (exact) mass is 380 g/mol. The van der Waals surface area contributed by atoms with Crippen molar-refractivity contribution in [3.05, 3.63) is 23.8 Å². The van der Waals surface area contributed by atoms with Gasteiger partial charge in [0.25, 0.3) is 5.91 Å². The van der Waals surface area contributed by atoms with E-state index in [-0.39, 0.29) is 11.8 Å². The van der Waals surface area contributed by atoms with Crippen molar-refractivity contribution in [1.82, 2.24) is 9.80 Å². The van der Waals surface area contributed by atoms with Crippen molar-refractivity contribution in [1.29, 1.82) is 0 Å². The molecule has 0 N–H and O–H groups in total. The van der Waals surface area contributed by atoms with E-state index in [1.807, 2.05) is 4.90 Å². The third-order valence-electron chi connectivity index (χ3n) is 4.33. The first-order valence-corrected chi connectivity index (χ1v) is 10.1. The maximum atomic E-state index is 13.1.